The Bertz CT molecular complexity index is 431. The van der Waals surface area contributed by atoms with Crippen molar-refractivity contribution in [3.05, 3.63) is 24.3 Å². The number of carbonyl (C=O) groups is 1. The van der Waals surface area contributed by atoms with Crippen LogP contribution in [0.15, 0.2) is 24.3 Å². The van der Waals surface area contributed by atoms with E-state index >= 15 is 0 Å². The molecule has 1 fully saturated rings. The normalized spacial score (nSPS) is 17.9. The summed E-state index contributed by atoms with van der Waals surface area (Å²) >= 11 is 0. The van der Waals surface area contributed by atoms with Crippen LogP contribution in [0.5, 0.6) is 5.75 Å². The third kappa shape index (κ3) is 4.51. The number of amides is 1. The van der Waals surface area contributed by atoms with Crippen molar-refractivity contribution >= 4 is 11.6 Å². The Morgan fingerprint density at radius 3 is 3.10 bits per heavy atom. The van der Waals surface area contributed by atoms with Gasteiger partial charge in [0.2, 0.25) is 5.91 Å². The Morgan fingerprint density at radius 1 is 1.45 bits per heavy atom. The van der Waals surface area contributed by atoms with E-state index in [2.05, 4.69) is 10.6 Å². The maximum atomic E-state index is 12.0. The predicted octanol–water partition coefficient (Wildman–Crippen LogP) is 1.79. The molecule has 0 saturated carbocycles. The van der Waals surface area contributed by atoms with Crippen LogP contribution in [0.25, 0.3) is 0 Å². The van der Waals surface area contributed by atoms with Crippen molar-refractivity contribution < 1.29 is 14.3 Å². The zero-order valence-electron chi connectivity index (χ0n) is 11.9. The molecule has 1 aromatic carbocycles. The summed E-state index contributed by atoms with van der Waals surface area (Å²) in [7, 11) is 1.67. The summed E-state index contributed by atoms with van der Waals surface area (Å²) in [4.78, 5) is 12.0. The molecule has 0 aromatic heterocycles. The molecule has 0 spiro atoms. The summed E-state index contributed by atoms with van der Waals surface area (Å²) in [5, 5.41) is 6.10. The van der Waals surface area contributed by atoms with Gasteiger partial charge in [-0.05, 0) is 31.5 Å². The fraction of sp³-hybridized carbons (Fsp3) is 0.533. The Labute approximate surface area is 119 Å². The molecule has 20 heavy (non-hydrogen) atoms. The fourth-order valence-electron chi connectivity index (χ4n) is 2.19. The number of ether oxygens (including phenoxy) is 2. The van der Waals surface area contributed by atoms with Gasteiger partial charge >= 0.3 is 0 Å². The third-order valence-corrected chi connectivity index (χ3v) is 3.24. The van der Waals surface area contributed by atoms with Gasteiger partial charge in [0.25, 0.3) is 0 Å². The molecule has 2 rings (SSSR count). The van der Waals surface area contributed by atoms with Crippen LogP contribution in [-0.4, -0.2) is 38.8 Å². The van der Waals surface area contributed by atoms with Gasteiger partial charge < -0.3 is 20.1 Å². The maximum Gasteiger partial charge on any atom is 0.241 e. The average molecular weight is 278 g/mol. The lowest BCUT2D eigenvalue weighted by Crippen LogP contribution is -2.35. The molecule has 0 aliphatic carbocycles. The first-order valence-electron chi connectivity index (χ1n) is 7.05. The number of carbonyl (C=O) groups excluding carboxylic acids is 1. The second kappa shape index (κ2) is 7.87. The molecule has 110 valence electrons. The van der Waals surface area contributed by atoms with Crippen molar-refractivity contribution in [2.24, 2.45) is 0 Å². The minimum Gasteiger partial charge on any atom is -0.493 e. The van der Waals surface area contributed by atoms with Gasteiger partial charge in [-0.25, -0.2) is 0 Å². The van der Waals surface area contributed by atoms with Gasteiger partial charge in [0.1, 0.15) is 5.75 Å². The molecular weight excluding hydrogens is 256 g/mol. The minimum absolute atomic E-state index is 0.0269. The highest BCUT2D eigenvalue weighted by atomic mass is 16.5. The number of rotatable bonds is 7. The van der Waals surface area contributed by atoms with Crippen molar-refractivity contribution in [2.75, 3.05) is 32.2 Å². The molecule has 1 unspecified atom stereocenters. The summed E-state index contributed by atoms with van der Waals surface area (Å²) in [5.74, 6) is 0.789. The Kier molecular flexibility index (Phi) is 5.83. The summed E-state index contributed by atoms with van der Waals surface area (Å²) in [6, 6.07) is 7.41. The maximum absolute atomic E-state index is 12.0. The molecule has 5 nitrogen and oxygen atoms in total. The van der Waals surface area contributed by atoms with E-state index in [4.69, 9.17) is 9.47 Å². The number of benzene rings is 1. The lowest BCUT2D eigenvalue weighted by molar-refractivity contribution is -0.117. The van der Waals surface area contributed by atoms with E-state index in [9.17, 15) is 4.79 Å². The number of hydrogen-bond acceptors (Lipinski definition) is 4. The van der Waals surface area contributed by atoms with Crippen LogP contribution in [0, 0.1) is 0 Å². The highest BCUT2D eigenvalue weighted by molar-refractivity contribution is 5.95. The van der Waals surface area contributed by atoms with Gasteiger partial charge in [-0.2, -0.15) is 0 Å². The molecule has 1 amide bonds. The Hall–Kier alpha value is -1.59. The van der Waals surface area contributed by atoms with Crippen LogP contribution in [0.2, 0.25) is 0 Å². The molecule has 0 radical (unpaired) electrons. The van der Waals surface area contributed by atoms with Crippen LogP contribution < -0.4 is 15.4 Å². The van der Waals surface area contributed by atoms with Gasteiger partial charge in [0.15, 0.2) is 0 Å². The van der Waals surface area contributed by atoms with Gasteiger partial charge in [-0.3, -0.25) is 4.79 Å². The van der Waals surface area contributed by atoms with E-state index < -0.39 is 0 Å². The quantitative estimate of drug-likeness (QED) is 0.747. The second-order valence-electron chi connectivity index (χ2n) is 4.86. The van der Waals surface area contributed by atoms with Gasteiger partial charge in [-0.1, -0.05) is 6.07 Å². The van der Waals surface area contributed by atoms with Crippen LogP contribution in [0.1, 0.15) is 19.3 Å². The van der Waals surface area contributed by atoms with Crippen molar-refractivity contribution in [1.29, 1.82) is 0 Å². The van der Waals surface area contributed by atoms with Crippen molar-refractivity contribution in [1.82, 2.24) is 5.32 Å². The molecule has 1 aliphatic rings. The van der Waals surface area contributed by atoms with Gasteiger partial charge in [-0.15, -0.1) is 0 Å². The second-order valence-corrected chi connectivity index (χ2v) is 4.86. The summed E-state index contributed by atoms with van der Waals surface area (Å²) in [5.41, 5.74) is 0.771. The molecule has 1 aliphatic heterocycles. The molecule has 1 aromatic rings. The van der Waals surface area contributed by atoms with E-state index in [-0.39, 0.29) is 11.9 Å². The van der Waals surface area contributed by atoms with E-state index in [1.165, 1.54) is 0 Å². The van der Waals surface area contributed by atoms with E-state index in [1.807, 2.05) is 24.3 Å². The molecule has 1 heterocycles. The van der Waals surface area contributed by atoms with E-state index in [0.717, 1.165) is 37.2 Å². The highest BCUT2D eigenvalue weighted by Gasteiger charge is 2.21. The summed E-state index contributed by atoms with van der Waals surface area (Å²) in [6.45, 7) is 2.21. The molecule has 0 bridgehead atoms. The minimum atomic E-state index is -0.0683. The Balaban J connectivity index is 1.83. The first-order valence-corrected chi connectivity index (χ1v) is 7.05. The molecule has 2 N–H and O–H groups in total. The fourth-order valence-corrected chi connectivity index (χ4v) is 2.19. The summed E-state index contributed by atoms with van der Waals surface area (Å²) in [6.07, 6.45) is 2.80. The number of methoxy groups -OCH3 is 1. The van der Waals surface area contributed by atoms with E-state index in [0.29, 0.717) is 13.2 Å². The zero-order chi connectivity index (χ0) is 14.2. The topological polar surface area (TPSA) is 59.6 Å². The first-order chi connectivity index (χ1) is 9.79. The van der Waals surface area contributed by atoms with E-state index in [1.54, 1.807) is 7.11 Å². The smallest absolute Gasteiger partial charge is 0.241 e. The lowest BCUT2D eigenvalue weighted by atomic mass is 10.2. The largest absolute Gasteiger partial charge is 0.493 e. The van der Waals surface area contributed by atoms with Crippen LogP contribution in [0.3, 0.4) is 0 Å². The zero-order valence-corrected chi connectivity index (χ0v) is 11.9. The molecule has 5 heteroatoms. The van der Waals surface area contributed by atoms with Crippen molar-refractivity contribution in [2.45, 2.75) is 25.3 Å². The number of hydrogen-bond donors (Lipinski definition) is 2. The van der Waals surface area contributed by atoms with Crippen LogP contribution in [0.4, 0.5) is 5.69 Å². The average Bonchev–Trinajstić information content (AvgIpc) is 2.98. The SMILES string of the molecule is COCCCOc1cccc(NC(=O)C2CCCN2)c1. The molecule has 1 saturated heterocycles. The lowest BCUT2D eigenvalue weighted by Gasteiger charge is -2.12. The van der Waals surface area contributed by atoms with Crippen LogP contribution >= 0.6 is 0 Å². The predicted molar refractivity (Wildman–Crippen MR) is 78.1 cm³/mol. The van der Waals surface area contributed by atoms with Crippen LogP contribution in [-0.2, 0) is 9.53 Å². The Morgan fingerprint density at radius 2 is 2.35 bits per heavy atom. The van der Waals surface area contributed by atoms with Crippen molar-refractivity contribution in [3.63, 3.8) is 0 Å². The number of anilines is 1. The molecule has 1 atom stereocenters. The third-order valence-electron chi connectivity index (χ3n) is 3.24. The van der Waals surface area contributed by atoms with Crippen molar-refractivity contribution in [3.8, 4) is 5.75 Å². The van der Waals surface area contributed by atoms with Gasteiger partial charge in [0, 0.05) is 31.9 Å². The number of nitrogens with one attached hydrogen (secondary N) is 2. The summed E-state index contributed by atoms with van der Waals surface area (Å²) < 4.78 is 10.6. The highest BCUT2D eigenvalue weighted by Crippen LogP contribution is 2.18. The standard InChI is InChI=1S/C15H22N2O3/c1-19-9-4-10-20-13-6-2-5-12(11-13)17-15(18)14-7-3-8-16-14/h2,5-6,11,14,16H,3-4,7-10H2,1H3,(H,17,18). The molecular formula is C15H22N2O3. The first kappa shape index (κ1) is 14.8. The van der Waals surface area contributed by atoms with Gasteiger partial charge in [0.05, 0.1) is 12.6 Å². The monoisotopic (exact) mass is 278 g/mol.